The molecule has 4 rings (SSSR count). The second-order valence-corrected chi connectivity index (χ2v) is 7.23. The topological polar surface area (TPSA) is 105 Å². The average Bonchev–Trinajstić information content (AvgIpc) is 3.21. The third-order valence-corrected chi connectivity index (χ3v) is 4.97. The number of halogens is 1. The van der Waals surface area contributed by atoms with Gasteiger partial charge in [0.05, 0.1) is 5.69 Å². The Bertz CT molecular complexity index is 1310. The summed E-state index contributed by atoms with van der Waals surface area (Å²) in [5, 5.41) is 10.0. The number of urea groups is 1. The Labute approximate surface area is 183 Å². The Kier molecular flexibility index (Phi) is 5.80. The highest BCUT2D eigenvalue weighted by molar-refractivity contribution is 5.89. The number of benzene rings is 2. The van der Waals surface area contributed by atoms with E-state index in [1.807, 2.05) is 30.3 Å². The van der Waals surface area contributed by atoms with Crippen molar-refractivity contribution in [1.82, 2.24) is 25.1 Å². The van der Waals surface area contributed by atoms with Crippen LogP contribution in [0.2, 0.25) is 0 Å². The predicted molar refractivity (Wildman–Crippen MR) is 119 cm³/mol. The number of amides is 2. The van der Waals surface area contributed by atoms with Crippen molar-refractivity contribution in [3.8, 4) is 17.2 Å². The van der Waals surface area contributed by atoms with Crippen molar-refractivity contribution >= 4 is 11.8 Å². The van der Waals surface area contributed by atoms with E-state index in [2.05, 4.69) is 25.7 Å². The van der Waals surface area contributed by atoms with E-state index in [4.69, 9.17) is 0 Å². The second kappa shape index (κ2) is 8.84. The lowest BCUT2D eigenvalue weighted by molar-refractivity contribution is 0.251. The van der Waals surface area contributed by atoms with Crippen LogP contribution in [0.4, 0.5) is 15.0 Å². The normalized spacial score (nSPS) is 10.7. The summed E-state index contributed by atoms with van der Waals surface area (Å²) in [6, 6.07) is 16.5. The number of anilines is 1. The number of aryl methyl sites for hydroxylation is 1. The molecular weight excluding hydrogens is 411 g/mol. The van der Waals surface area contributed by atoms with E-state index < -0.39 is 6.03 Å². The Hall–Kier alpha value is -4.27. The number of H-pyrrole nitrogens is 1. The number of aromatic amines is 1. The minimum absolute atomic E-state index is 0.189. The summed E-state index contributed by atoms with van der Waals surface area (Å²) in [7, 11) is 0. The Morgan fingerprint density at radius 3 is 2.50 bits per heavy atom. The number of rotatable bonds is 5. The zero-order chi connectivity index (χ0) is 22.7. The molecule has 0 saturated heterocycles. The van der Waals surface area contributed by atoms with Crippen molar-refractivity contribution in [3.63, 3.8) is 0 Å². The first-order valence-corrected chi connectivity index (χ1v) is 9.93. The van der Waals surface area contributed by atoms with Crippen LogP contribution < -0.4 is 16.2 Å². The maximum absolute atomic E-state index is 13.1. The maximum atomic E-state index is 13.1. The molecule has 0 fully saturated rings. The lowest BCUT2D eigenvalue weighted by atomic mass is 10.2. The largest absolute Gasteiger partial charge is 0.334 e. The van der Waals surface area contributed by atoms with Crippen LogP contribution in [0, 0.1) is 19.7 Å². The quantitative estimate of drug-likeness (QED) is 0.447. The number of carbonyl (C=O) groups excluding carboxylic acids is 1. The van der Waals surface area contributed by atoms with Crippen LogP contribution in [0.5, 0.6) is 0 Å². The van der Waals surface area contributed by atoms with Gasteiger partial charge < -0.3 is 5.32 Å². The Balaban J connectivity index is 1.64. The van der Waals surface area contributed by atoms with Crippen LogP contribution in [0.1, 0.15) is 16.8 Å². The summed E-state index contributed by atoms with van der Waals surface area (Å²) in [6.07, 6.45) is 0. The van der Waals surface area contributed by atoms with Crippen molar-refractivity contribution < 1.29 is 9.18 Å². The third kappa shape index (κ3) is 4.56. The second-order valence-electron chi connectivity index (χ2n) is 7.23. The molecule has 0 unspecified atom stereocenters. The van der Waals surface area contributed by atoms with Gasteiger partial charge in [0.15, 0.2) is 0 Å². The van der Waals surface area contributed by atoms with E-state index >= 15 is 0 Å². The zero-order valence-electron chi connectivity index (χ0n) is 17.5. The molecule has 2 heterocycles. The van der Waals surface area contributed by atoms with Gasteiger partial charge >= 0.3 is 6.03 Å². The summed E-state index contributed by atoms with van der Waals surface area (Å²) in [6.45, 7) is 3.63. The van der Waals surface area contributed by atoms with E-state index in [1.54, 1.807) is 32.0 Å². The highest BCUT2D eigenvalue weighted by Crippen LogP contribution is 2.23. The van der Waals surface area contributed by atoms with Crippen molar-refractivity contribution in [3.05, 3.63) is 93.7 Å². The summed E-state index contributed by atoms with van der Waals surface area (Å²) in [5.74, 6) is 0.173. The monoisotopic (exact) mass is 432 g/mol. The van der Waals surface area contributed by atoms with Gasteiger partial charge in [-0.1, -0.05) is 42.5 Å². The number of nitrogens with zero attached hydrogens (tertiary/aromatic N) is 3. The van der Waals surface area contributed by atoms with Crippen LogP contribution in [-0.4, -0.2) is 25.8 Å². The number of aromatic nitrogens is 4. The highest BCUT2D eigenvalue weighted by atomic mass is 19.1. The van der Waals surface area contributed by atoms with Gasteiger partial charge in [-0.05, 0) is 31.5 Å². The molecule has 0 atom stereocenters. The van der Waals surface area contributed by atoms with Gasteiger partial charge in [0.25, 0.3) is 5.56 Å². The molecule has 32 heavy (non-hydrogen) atoms. The molecule has 3 N–H and O–H groups in total. The standard InChI is InChI=1S/C23H21FN6O2/c1-14-15(2)26-22(28-21(14)31)30-20(12-19(29-30)17-6-4-3-5-7-17)27-23(32)25-13-16-8-10-18(24)11-9-16/h3-12H,13H2,1-2H3,(H2,25,27,32)(H,26,28,31). The van der Waals surface area contributed by atoms with Gasteiger partial charge in [0.2, 0.25) is 5.95 Å². The van der Waals surface area contributed by atoms with Crippen LogP contribution in [0.3, 0.4) is 0 Å². The van der Waals surface area contributed by atoms with E-state index in [-0.39, 0.29) is 23.9 Å². The van der Waals surface area contributed by atoms with Crippen molar-refractivity contribution in [2.24, 2.45) is 0 Å². The van der Waals surface area contributed by atoms with E-state index in [0.717, 1.165) is 11.1 Å². The number of nitrogens with one attached hydrogen (secondary N) is 3. The van der Waals surface area contributed by atoms with Gasteiger partial charge in [-0.2, -0.15) is 9.78 Å². The summed E-state index contributed by atoms with van der Waals surface area (Å²) in [5.41, 5.74) is 2.98. The Morgan fingerprint density at radius 1 is 1.09 bits per heavy atom. The molecule has 0 saturated carbocycles. The first-order chi connectivity index (χ1) is 15.4. The lowest BCUT2D eigenvalue weighted by Gasteiger charge is -2.10. The van der Waals surface area contributed by atoms with E-state index in [9.17, 15) is 14.0 Å². The first-order valence-electron chi connectivity index (χ1n) is 9.93. The zero-order valence-corrected chi connectivity index (χ0v) is 17.5. The summed E-state index contributed by atoms with van der Waals surface area (Å²) in [4.78, 5) is 31.9. The molecule has 0 aliphatic rings. The molecule has 162 valence electrons. The fourth-order valence-electron chi connectivity index (χ4n) is 3.06. The van der Waals surface area contributed by atoms with E-state index in [0.29, 0.717) is 22.8 Å². The van der Waals surface area contributed by atoms with Gasteiger partial charge in [-0.15, -0.1) is 0 Å². The molecule has 0 radical (unpaired) electrons. The molecule has 2 amide bonds. The van der Waals surface area contributed by atoms with Gasteiger partial charge in [-0.3, -0.25) is 15.1 Å². The molecule has 4 aromatic rings. The number of hydrogen-bond donors (Lipinski definition) is 3. The lowest BCUT2D eigenvalue weighted by Crippen LogP contribution is -2.29. The summed E-state index contributed by atoms with van der Waals surface area (Å²) < 4.78 is 14.4. The molecule has 0 spiro atoms. The fraction of sp³-hybridized carbons (Fsp3) is 0.130. The van der Waals surface area contributed by atoms with Gasteiger partial charge in [0.1, 0.15) is 11.6 Å². The van der Waals surface area contributed by atoms with Gasteiger partial charge in [-0.25, -0.2) is 14.2 Å². The molecule has 0 bridgehead atoms. The minimum atomic E-state index is -0.485. The molecule has 9 heteroatoms. The van der Waals surface area contributed by atoms with Crippen LogP contribution in [0.25, 0.3) is 17.2 Å². The van der Waals surface area contributed by atoms with E-state index in [1.165, 1.54) is 16.8 Å². The average molecular weight is 432 g/mol. The van der Waals surface area contributed by atoms with Crippen LogP contribution >= 0.6 is 0 Å². The predicted octanol–water partition coefficient (Wildman–Crippen LogP) is 3.70. The maximum Gasteiger partial charge on any atom is 0.320 e. The molecule has 0 aliphatic heterocycles. The molecule has 0 aliphatic carbocycles. The molecule has 2 aromatic heterocycles. The van der Waals surface area contributed by atoms with Crippen LogP contribution in [0.15, 0.2) is 65.5 Å². The van der Waals surface area contributed by atoms with Crippen LogP contribution in [-0.2, 0) is 6.54 Å². The number of carbonyl (C=O) groups is 1. The minimum Gasteiger partial charge on any atom is -0.334 e. The third-order valence-electron chi connectivity index (χ3n) is 4.97. The first kappa shape index (κ1) is 21.0. The smallest absolute Gasteiger partial charge is 0.320 e. The Morgan fingerprint density at radius 2 is 1.81 bits per heavy atom. The van der Waals surface area contributed by atoms with Crippen molar-refractivity contribution in [1.29, 1.82) is 0 Å². The summed E-state index contributed by atoms with van der Waals surface area (Å²) >= 11 is 0. The van der Waals surface area contributed by atoms with Crippen molar-refractivity contribution in [2.45, 2.75) is 20.4 Å². The van der Waals surface area contributed by atoms with Gasteiger partial charge in [0, 0.05) is 29.4 Å². The van der Waals surface area contributed by atoms with Crippen molar-refractivity contribution in [2.75, 3.05) is 5.32 Å². The number of hydrogen-bond acceptors (Lipinski definition) is 4. The molecular formula is C23H21FN6O2. The SMILES string of the molecule is Cc1nc(-n2nc(-c3ccccc3)cc2NC(=O)NCc2ccc(F)cc2)[nH]c(=O)c1C. The highest BCUT2D eigenvalue weighted by Gasteiger charge is 2.16. The molecule has 2 aromatic carbocycles. The molecule has 8 nitrogen and oxygen atoms in total. The fourth-order valence-corrected chi connectivity index (χ4v) is 3.06.